The second kappa shape index (κ2) is 9.37. The number of carbonyl (C=O) groups is 1. The first-order valence-electron chi connectivity index (χ1n) is 9.47. The number of benzene rings is 2. The third kappa shape index (κ3) is 4.48. The molecule has 2 aromatic carbocycles. The first-order valence-corrected chi connectivity index (χ1v) is 11.9. The van der Waals surface area contributed by atoms with Gasteiger partial charge in [0.1, 0.15) is 11.4 Å². The third-order valence-corrected chi connectivity index (χ3v) is 7.29. The zero-order valence-electron chi connectivity index (χ0n) is 16.3. The molecular formula is C23H20Br2N2O2S. The van der Waals surface area contributed by atoms with Crippen molar-refractivity contribution in [3.8, 4) is 5.75 Å². The fourth-order valence-electron chi connectivity index (χ4n) is 3.47. The minimum Gasteiger partial charge on any atom is -0.496 e. The number of carbonyl (C=O) groups excluding carboxylic acids is 1. The van der Waals surface area contributed by atoms with E-state index < -0.39 is 0 Å². The van der Waals surface area contributed by atoms with E-state index >= 15 is 0 Å². The average molecular weight is 548 g/mol. The monoisotopic (exact) mass is 546 g/mol. The number of hydrogen-bond donors (Lipinski definition) is 1. The van der Waals surface area contributed by atoms with E-state index in [9.17, 15) is 4.79 Å². The standard InChI is InChI=1S/C23H20Br2N2O2S/c1-29-20-5-3-2-4-16(20)10-11-26-23(28)19-12-21-22(18(25)14-30-21)27(19)13-15-6-8-17(24)9-7-15/h2-9,12,14H,10-11,13H2,1H3,(H,26,28). The fraction of sp³-hybridized carbons (Fsp3) is 0.174. The van der Waals surface area contributed by atoms with Gasteiger partial charge in [0.05, 0.1) is 21.8 Å². The van der Waals surface area contributed by atoms with Gasteiger partial charge in [0.25, 0.3) is 5.91 Å². The molecule has 1 amide bonds. The minimum absolute atomic E-state index is 0.0719. The number of nitrogens with zero attached hydrogens (tertiary/aromatic N) is 1. The van der Waals surface area contributed by atoms with E-state index in [1.807, 2.05) is 42.5 Å². The van der Waals surface area contributed by atoms with Gasteiger partial charge in [0.15, 0.2) is 0 Å². The molecule has 0 atom stereocenters. The van der Waals surface area contributed by atoms with Crippen LogP contribution < -0.4 is 10.1 Å². The largest absolute Gasteiger partial charge is 0.496 e. The lowest BCUT2D eigenvalue weighted by Crippen LogP contribution is -2.28. The number of halogens is 2. The molecule has 30 heavy (non-hydrogen) atoms. The maximum atomic E-state index is 13.1. The second-order valence-corrected chi connectivity index (χ2v) is 9.54. The minimum atomic E-state index is -0.0719. The van der Waals surface area contributed by atoms with E-state index in [-0.39, 0.29) is 5.91 Å². The maximum Gasteiger partial charge on any atom is 0.267 e. The Bertz CT molecular complexity index is 1180. The molecule has 0 aliphatic rings. The number of rotatable bonds is 7. The smallest absolute Gasteiger partial charge is 0.267 e. The van der Waals surface area contributed by atoms with Gasteiger partial charge in [-0.05, 0) is 57.7 Å². The van der Waals surface area contributed by atoms with Crippen molar-refractivity contribution in [2.45, 2.75) is 13.0 Å². The third-order valence-electron chi connectivity index (χ3n) is 4.94. The van der Waals surface area contributed by atoms with Gasteiger partial charge in [-0.15, -0.1) is 11.3 Å². The van der Waals surface area contributed by atoms with Crippen LogP contribution in [0.5, 0.6) is 5.75 Å². The zero-order chi connectivity index (χ0) is 21.1. The van der Waals surface area contributed by atoms with Gasteiger partial charge in [-0.1, -0.05) is 46.3 Å². The van der Waals surface area contributed by atoms with E-state index in [4.69, 9.17) is 4.74 Å². The number of ether oxygens (including phenoxy) is 1. The van der Waals surface area contributed by atoms with E-state index in [1.54, 1.807) is 18.4 Å². The Morgan fingerprint density at radius 1 is 1.13 bits per heavy atom. The molecule has 0 saturated heterocycles. The molecule has 0 spiro atoms. The lowest BCUT2D eigenvalue weighted by atomic mass is 10.1. The van der Waals surface area contributed by atoms with Crippen molar-refractivity contribution in [2.75, 3.05) is 13.7 Å². The van der Waals surface area contributed by atoms with Gasteiger partial charge in [-0.2, -0.15) is 0 Å². The predicted molar refractivity (Wildman–Crippen MR) is 130 cm³/mol. The quantitative estimate of drug-likeness (QED) is 0.297. The van der Waals surface area contributed by atoms with Crippen molar-refractivity contribution >= 4 is 59.3 Å². The van der Waals surface area contributed by atoms with Crippen molar-refractivity contribution in [3.63, 3.8) is 0 Å². The summed E-state index contributed by atoms with van der Waals surface area (Å²) in [6, 6.07) is 18.0. The van der Waals surface area contributed by atoms with Gasteiger partial charge in [0, 0.05) is 22.9 Å². The summed E-state index contributed by atoms with van der Waals surface area (Å²) in [5.74, 6) is 0.770. The molecule has 0 radical (unpaired) electrons. The average Bonchev–Trinajstić information content (AvgIpc) is 3.30. The Kier molecular flexibility index (Phi) is 6.61. The fourth-order valence-corrected chi connectivity index (χ4v) is 5.42. The van der Waals surface area contributed by atoms with E-state index in [0.29, 0.717) is 25.2 Å². The number of nitrogens with one attached hydrogen (secondary N) is 1. The molecule has 4 rings (SSSR count). The lowest BCUT2D eigenvalue weighted by molar-refractivity contribution is 0.0945. The number of aromatic nitrogens is 1. The highest BCUT2D eigenvalue weighted by Crippen LogP contribution is 2.34. The molecular weight excluding hydrogens is 528 g/mol. The Hall–Kier alpha value is -2.09. The highest BCUT2D eigenvalue weighted by Gasteiger charge is 2.19. The van der Waals surface area contributed by atoms with Crippen LogP contribution in [0.15, 0.2) is 68.9 Å². The van der Waals surface area contributed by atoms with Gasteiger partial charge >= 0.3 is 0 Å². The second-order valence-electron chi connectivity index (χ2n) is 6.86. The van der Waals surface area contributed by atoms with Crippen molar-refractivity contribution < 1.29 is 9.53 Å². The Morgan fingerprint density at radius 3 is 2.67 bits per heavy atom. The van der Waals surface area contributed by atoms with Gasteiger partial charge in [-0.3, -0.25) is 4.79 Å². The molecule has 4 aromatic rings. The molecule has 0 aliphatic heterocycles. The van der Waals surface area contributed by atoms with Gasteiger partial charge < -0.3 is 14.6 Å². The normalized spacial score (nSPS) is 11.0. The van der Waals surface area contributed by atoms with Crippen LogP contribution in [0, 0.1) is 0 Å². The van der Waals surface area contributed by atoms with Crippen LogP contribution in [0.1, 0.15) is 21.6 Å². The molecule has 4 nitrogen and oxygen atoms in total. The predicted octanol–water partition coefficient (Wildman–Crippen LogP) is 6.26. The maximum absolute atomic E-state index is 13.1. The Labute approximate surface area is 196 Å². The number of amides is 1. The van der Waals surface area contributed by atoms with Crippen LogP contribution in [0.3, 0.4) is 0 Å². The van der Waals surface area contributed by atoms with Crippen molar-refractivity contribution in [3.05, 3.63) is 85.7 Å². The SMILES string of the molecule is COc1ccccc1CCNC(=O)c1cc2scc(Br)c2n1Cc1ccc(Br)cc1. The first-order chi connectivity index (χ1) is 14.6. The summed E-state index contributed by atoms with van der Waals surface area (Å²) in [6.07, 6.45) is 0.710. The highest BCUT2D eigenvalue weighted by molar-refractivity contribution is 9.11. The molecule has 154 valence electrons. The number of methoxy groups -OCH3 is 1. The van der Waals surface area contributed by atoms with Crippen LogP contribution in [0.2, 0.25) is 0 Å². The van der Waals surface area contributed by atoms with Crippen LogP contribution in [-0.4, -0.2) is 24.1 Å². The summed E-state index contributed by atoms with van der Waals surface area (Å²) in [4.78, 5) is 13.1. The number of para-hydroxylation sites is 1. The van der Waals surface area contributed by atoms with Crippen LogP contribution >= 0.6 is 43.2 Å². The molecule has 0 saturated carbocycles. The van der Waals surface area contributed by atoms with Crippen LogP contribution in [0.25, 0.3) is 10.2 Å². The number of hydrogen-bond acceptors (Lipinski definition) is 3. The van der Waals surface area contributed by atoms with Crippen LogP contribution in [-0.2, 0) is 13.0 Å². The molecule has 0 fully saturated rings. The molecule has 2 aromatic heterocycles. The summed E-state index contributed by atoms with van der Waals surface area (Å²) < 4.78 is 10.6. The van der Waals surface area contributed by atoms with Crippen molar-refractivity contribution in [1.82, 2.24) is 9.88 Å². The van der Waals surface area contributed by atoms with Crippen molar-refractivity contribution in [2.24, 2.45) is 0 Å². The number of fused-ring (bicyclic) bond motifs is 1. The zero-order valence-corrected chi connectivity index (χ0v) is 20.3. The highest BCUT2D eigenvalue weighted by atomic mass is 79.9. The Morgan fingerprint density at radius 2 is 1.90 bits per heavy atom. The molecule has 0 aliphatic carbocycles. The summed E-state index contributed by atoms with van der Waals surface area (Å²) >= 11 is 8.75. The van der Waals surface area contributed by atoms with E-state index in [2.05, 4.69) is 59.3 Å². The van der Waals surface area contributed by atoms with Gasteiger partial charge in [0.2, 0.25) is 0 Å². The van der Waals surface area contributed by atoms with Crippen molar-refractivity contribution in [1.29, 1.82) is 0 Å². The summed E-state index contributed by atoms with van der Waals surface area (Å²) in [5.41, 5.74) is 3.93. The molecule has 0 bridgehead atoms. The first kappa shape index (κ1) is 21.2. The Balaban J connectivity index is 1.55. The molecule has 2 heterocycles. The summed E-state index contributed by atoms with van der Waals surface area (Å²) in [5, 5.41) is 5.13. The van der Waals surface area contributed by atoms with E-state index in [1.165, 1.54) is 0 Å². The van der Waals surface area contributed by atoms with E-state index in [0.717, 1.165) is 36.0 Å². The summed E-state index contributed by atoms with van der Waals surface area (Å²) in [7, 11) is 1.66. The lowest BCUT2D eigenvalue weighted by Gasteiger charge is -2.12. The van der Waals surface area contributed by atoms with Gasteiger partial charge in [-0.25, -0.2) is 0 Å². The van der Waals surface area contributed by atoms with Crippen LogP contribution in [0.4, 0.5) is 0 Å². The number of thiophene rings is 1. The molecule has 1 N–H and O–H groups in total. The molecule has 7 heteroatoms. The topological polar surface area (TPSA) is 43.3 Å². The molecule has 0 unspecified atom stereocenters. The summed E-state index contributed by atoms with van der Waals surface area (Å²) in [6.45, 7) is 1.17.